The first kappa shape index (κ1) is 26.3. The normalized spacial score (nSPS) is 19.7. The second kappa shape index (κ2) is 11.6. The molecule has 2 fully saturated rings. The molecule has 2 amide bonds. The van der Waals surface area contributed by atoms with Crippen LogP contribution in [0, 0.1) is 17.2 Å². The van der Waals surface area contributed by atoms with Crippen molar-refractivity contribution in [2.45, 2.75) is 50.7 Å². The average molecular weight is 532 g/mol. The van der Waals surface area contributed by atoms with Gasteiger partial charge in [0.2, 0.25) is 11.8 Å². The van der Waals surface area contributed by atoms with Crippen LogP contribution in [0.5, 0.6) is 0 Å². The third-order valence-electron chi connectivity index (χ3n) is 7.79. The Labute approximate surface area is 227 Å². The summed E-state index contributed by atoms with van der Waals surface area (Å²) in [4.78, 5) is 33.7. The number of carbonyl (C=O) groups is 2. The summed E-state index contributed by atoms with van der Waals surface area (Å²) in [6, 6.07) is 12.9. The van der Waals surface area contributed by atoms with E-state index in [4.69, 9.17) is 9.72 Å². The van der Waals surface area contributed by atoms with E-state index in [1.165, 1.54) is 0 Å². The third kappa shape index (κ3) is 5.17. The average Bonchev–Trinajstić information content (AvgIpc) is 3.65. The molecule has 3 heterocycles. The lowest BCUT2D eigenvalue weighted by Crippen LogP contribution is -2.56. The standard InChI is InChI=1S/C29H33N5O3S/c1-18(31-2)27(35)33-26(19-11-14-37-15-12-19)29(36)34-13-5-10-25(34)28-32-24(17-38-28)23-9-4-7-21-20(16-30)6-3-8-22(21)23/h3-4,6-9,17-19,25-26,31H,5,10-15H2,1-2H3,(H,33,35)/t18-,25?,26?/m0/s1. The molecular weight excluding hydrogens is 498 g/mol. The van der Waals surface area contributed by atoms with E-state index in [0.29, 0.717) is 25.3 Å². The van der Waals surface area contributed by atoms with Crippen molar-refractivity contribution in [3.8, 4) is 17.3 Å². The maximum atomic E-state index is 14.0. The molecule has 0 spiro atoms. The van der Waals surface area contributed by atoms with Crippen LogP contribution in [0.15, 0.2) is 41.8 Å². The van der Waals surface area contributed by atoms with Gasteiger partial charge in [-0.2, -0.15) is 5.26 Å². The molecule has 8 nitrogen and oxygen atoms in total. The molecule has 9 heteroatoms. The van der Waals surface area contributed by atoms with E-state index in [2.05, 4.69) is 16.7 Å². The summed E-state index contributed by atoms with van der Waals surface area (Å²) in [5, 5.41) is 20.4. The monoisotopic (exact) mass is 531 g/mol. The highest BCUT2D eigenvalue weighted by Gasteiger charge is 2.40. The fraction of sp³-hybridized carbons (Fsp3) is 0.448. The quantitative estimate of drug-likeness (QED) is 0.477. The fourth-order valence-electron chi connectivity index (χ4n) is 5.50. The molecule has 38 heavy (non-hydrogen) atoms. The summed E-state index contributed by atoms with van der Waals surface area (Å²) in [6.45, 7) is 3.65. The van der Waals surface area contributed by atoms with Gasteiger partial charge in [-0.25, -0.2) is 4.98 Å². The van der Waals surface area contributed by atoms with E-state index in [0.717, 1.165) is 52.7 Å². The van der Waals surface area contributed by atoms with Crippen LogP contribution >= 0.6 is 11.3 Å². The number of ether oxygens (including phenoxy) is 1. The number of thiazole rings is 1. The second-order valence-electron chi connectivity index (χ2n) is 10.0. The van der Waals surface area contributed by atoms with Gasteiger partial charge in [-0.05, 0) is 57.0 Å². The smallest absolute Gasteiger partial charge is 0.246 e. The molecule has 3 atom stereocenters. The lowest BCUT2D eigenvalue weighted by Gasteiger charge is -2.35. The van der Waals surface area contributed by atoms with Crippen LogP contribution in [0.25, 0.3) is 22.0 Å². The van der Waals surface area contributed by atoms with Gasteiger partial charge < -0.3 is 20.3 Å². The number of benzene rings is 2. The van der Waals surface area contributed by atoms with Crippen molar-refractivity contribution in [3.63, 3.8) is 0 Å². The molecule has 2 saturated heterocycles. The van der Waals surface area contributed by atoms with Gasteiger partial charge in [-0.1, -0.05) is 30.3 Å². The van der Waals surface area contributed by atoms with Crippen molar-refractivity contribution < 1.29 is 14.3 Å². The molecule has 2 aliphatic heterocycles. The van der Waals surface area contributed by atoms with Gasteiger partial charge in [0.25, 0.3) is 0 Å². The van der Waals surface area contributed by atoms with E-state index in [9.17, 15) is 14.9 Å². The van der Waals surface area contributed by atoms with E-state index in [1.807, 2.05) is 46.7 Å². The Morgan fingerprint density at radius 2 is 1.92 bits per heavy atom. The van der Waals surface area contributed by atoms with Crippen molar-refractivity contribution in [1.82, 2.24) is 20.5 Å². The number of nitrogens with one attached hydrogen (secondary N) is 2. The van der Waals surface area contributed by atoms with Crippen molar-refractivity contribution in [2.75, 3.05) is 26.8 Å². The molecule has 2 N–H and O–H groups in total. The summed E-state index contributed by atoms with van der Waals surface area (Å²) in [6.07, 6.45) is 3.23. The van der Waals surface area contributed by atoms with Crippen LogP contribution in [-0.2, 0) is 14.3 Å². The summed E-state index contributed by atoms with van der Waals surface area (Å²) in [7, 11) is 1.74. The molecule has 3 aromatic rings. The van der Waals surface area contributed by atoms with Crippen molar-refractivity contribution in [2.24, 2.45) is 5.92 Å². The first-order chi connectivity index (χ1) is 18.5. The molecule has 2 aliphatic rings. The SMILES string of the molecule is CN[C@@H](C)C(=O)NC(C(=O)N1CCCC1c1nc(-c2cccc3c(C#N)cccc23)cs1)C1CCOCC1. The summed E-state index contributed by atoms with van der Waals surface area (Å²) in [5.74, 6) is -0.156. The van der Waals surface area contributed by atoms with Gasteiger partial charge in [0.15, 0.2) is 0 Å². The summed E-state index contributed by atoms with van der Waals surface area (Å²) < 4.78 is 5.53. The van der Waals surface area contributed by atoms with Crippen LogP contribution in [0.3, 0.4) is 0 Å². The first-order valence-corrected chi connectivity index (χ1v) is 14.1. The van der Waals surface area contributed by atoms with E-state index in [1.54, 1.807) is 25.3 Å². The molecule has 0 radical (unpaired) electrons. The lowest BCUT2D eigenvalue weighted by atomic mass is 9.90. The molecule has 2 aromatic carbocycles. The van der Waals surface area contributed by atoms with Gasteiger partial charge in [0.1, 0.15) is 11.0 Å². The minimum atomic E-state index is -0.579. The van der Waals surface area contributed by atoms with E-state index < -0.39 is 6.04 Å². The van der Waals surface area contributed by atoms with Crippen LogP contribution in [0.4, 0.5) is 0 Å². The molecule has 5 rings (SSSR count). The summed E-state index contributed by atoms with van der Waals surface area (Å²) in [5.41, 5.74) is 2.47. The number of fused-ring (bicyclic) bond motifs is 1. The largest absolute Gasteiger partial charge is 0.381 e. The molecule has 0 saturated carbocycles. The number of carbonyl (C=O) groups excluding carboxylic acids is 2. The second-order valence-corrected chi connectivity index (χ2v) is 10.9. The molecular formula is C29H33N5O3S. The Balaban J connectivity index is 1.42. The Hall–Kier alpha value is -3.32. The number of hydrogen-bond acceptors (Lipinski definition) is 7. The molecule has 2 unspecified atom stereocenters. The number of amides is 2. The summed E-state index contributed by atoms with van der Waals surface area (Å²) >= 11 is 1.56. The fourth-order valence-corrected chi connectivity index (χ4v) is 6.47. The van der Waals surface area contributed by atoms with Crippen LogP contribution in [0.1, 0.15) is 49.2 Å². The first-order valence-electron chi connectivity index (χ1n) is 13.2. The van der Waals surface area contributed by atoms with Crippen LogP contribution in [-0.4, -0.2) is 60.6 Å². The highest BCUT2D eigenvalue weighted by atomic mass is 32.1. The van der Waals surface area contributed by atoms with Crippen molar-refractivity contribution in [1.29, 1.82) is 5.26 Å². The zero-order valence-corrected chi connectivity index (χ0v) is 22.6. The lowest BCUT2D eigenvalue weighted by molar-refractivity contribution is -0.140. The molecule has 198 valence electrons. The number of likely N-dealkylation sites (tertiary alicyclic amines) is 1. The highest BCUT2D eigenvalue weighted by molar-refractivity contribution is 7.10. The molecule has 1 aromatic heterocycles. The van der Waals surface area contributed by atoms with Gasteiger partial charge in [0, 0.05) is 36.1 Å². The number of hydrogen-bond donors (Lipinski definition) is 2. The number of likely N-dealkylation sites (N-methyl/N-ethyl adjacent to an activating group) is 1. The Morgan fingerprint density at radius 1 is 1.16 bits per heavy atom. The highest BCUT2D eigenvalue weighted by Crippen LogP contribution is 2.38. The Kier molecular flexibility index (Phi) is 8.03. The van der Waals surface area contributed by atoms with Gasteiger partial charge in [-0.3, -0.25) is 9.59 Å². The Bertz CT molecular complexity index is 1360. The maximum Gasteiger partial charge on any atom is 0.246 e. The third-order valence-corrected chi connectivity index (χ3v) is 8.73. The van der Waals surface area contributed by atoms with Gasteiger partial charge in [-0.15, -0.1) is 11.3 Å². The zero-order valence-electron chi connectivity index (χ0n) is 21.8. The van der Waals surface area contributed by atoms with Crippen LogP contribution in [0.2, 0.25) is 0 Å². The number of rotatable bonds is 7. The van der Waals surface area contributed by atoms with Crippen LogP contribution < -0.4 is 10.6 Å². The van der Waals surface area contributed by atoms with Crippen molar-refractivity contribution >= 4 is 33.9 Å². The zero-order chi connectivity index (χ0) is 26.6. The van der Waals surface area contributed by atoms with Gasteiger partial charge in [0.05, 0.1) is 29.4 Å². The topological polar surface area (TPSA) is 107 Å². The maximum absolute atomic E-state index is 14.0. The van der Waals surface area contributed by atoms with Gasteiger partial charge >= 0.3 is 0 Å². The molecule has 0 bridgehead atoms. The van der Waals surface area contributed by atoms with E-state index in [-0.39, 0.29) is 29.8 Å². The van der Waals surface area contributed by atoms with E-state index >= 15 is 0 Å². The van der Waals surface area contributed by atoms with Crippen molar-refractivity contribution in [3.05, 3.63) is 52.3 Å². The minimum Gasteiger partial charge on any atom is -0.381 e. The number of nitriles is 1. The molecule has 0 aliphatic carbocycles. The Morgan fingerprint density at radius 3 is 2.68 bits per heavy atom. The number of aromatic nitrogens is 1. The minimum absolute atomic E-state index is 0.0309. The number of nitrogens with zero attached hydrogens (tertiary/aromatic N) is 3. The predicted molar refractivity (Wildman–Crippen MR) is 147 cm³/mol. The predicted octanol–water partition coefficient (Wildman–Crippen LogP) is 4.02.